The molecule has 1 aliphatic rings. The van der Waals surface area contributed by atoms with Gasteiger partial charge in [-0.2, -0.15) is 4.31 Å². The van der Waals surface area contributed by atoms with Crippen LogP contribution >= 0.6 is 35.2 Å². The molecule has 2 amide bonds. The molecule has 3 heterocycles. The van der Waals surface area contributed by atoms with Crippen LogP contribution in [-0.4, -0.2) is 123 Å². The van der Waals surface area contributed by atoms with Crippen LogP contribution < -0.4 is 16.4 Å². The molecule has 3 rings (SSSR count). The van der Waals surface area contributed by atoms with Gasteiger partial charge < -0.3 is 50.9 Å². The maximum absolute atomic E-state index is 12.8. The van der Waals surface area contributed by atoms with Crippen LogP contribution in [0.4, 0.5) is 5.82 Å². The van der Waals surface area contributed by atoms with E-state index in [9.17, 15) is 57.9 Å². The summed E-state index contributed by atoms with van der Waals surface area (Å²) in [7, 11) is -16.4. The van der Waals surface area contributed by atoms with E-state index in [0.717, 1.165) is 54.2 Å². The summed E-state index contributed by atoms with van der Waals surface area (Å²) >= 11 is 1.16. The summed E-state index contributed by atoms with van der Waals surface area (Å²) in [4.78, 5) is 88.6. The van der Waals surface area contributed by atoms with Gasteiger partial charge in [0, 0.05) is 37.1 Å². The van der Waals surface area contributed by atoms with Gasteiger partial charge in [0.2, 0.25) is 11.8 Å². The van der Waals surface area contributed by atoms with Crippen molar-refractivity contribution in [3.63, 3.8) is 0 Å². The first-order chi connectivity index (χ1) is 33.4. The number of phosphoric ester groups is 3. The van der Waals surface area contributed by atoms with Crippen molar-refractivity contribution in [2.45, 2.75) is 180 Å². The van der Waals surface area contributed by atoms with Gasteiger partial charge in [-0.15, -0.1) is 0 Å². The first-order valence-electron chi connectivity index (χ1n) is 24.5. The first kappa shape index (κ1) is 62.9. The standard InChI is InChI=1S/C43H78N7O17P3S/c1-5-6-7-8-9-10-11-12-13-14-17-20-31(2)21-18-15-16-19-22-34(52)71-26-25-45-33(51)23-24-46-41(55)38(54)43(3,4)28-64-70(61,62)67-69(59,60)63-27-32-37(66-68(56,57)58)36(53)42(65-32)50-30-49-35-39(44)47-29-48-40(35)50/h29-32,36-38,42,53-54H,5-28H2,1-4H3,(H,45,51)(H,46,55)(H,59,60)(H,61,62)(H2,44,47,48)(H2,56,57,58). The number of unbranched alkanes of at least 4 members (excludes halogenated alkanes) is 13. The van der Waals surface area contributed by atoms with Crippen LogP contribution in [0, 0.1) is 11.3 Å². The lowest BCUT2D eigenvalue weighted by Gasteiger charge is -2.30. The van der Waals surface area contributed by atoms with E-state index in [0.29, 0.717) is 12.2 Å². The van der Waals surface area contributed by atoms with Crippen molar-refractivity contribution in [2.24, 2.45) is 11.3 Å². The Balaban J connectivity index is 1.26. The van der Waals surface area contributed by atoms with Crippen LogP contribution in [-0.2, 0) is 50.7 Å². The molecule has 10 N–H and O–H groups in total. The first-order valence-corrected chi connectivity index (χ1v) is 30.0. The number of carbonyl (C=O) groups is 3. The molecule has 1 saturated heterocycles. The topological polar surface area (TPSA) is 364 Å². The molecule has 0 bridgehead atoms. The lowest BCUT2D eigenvalue weighted by molar-refractivity contribution is -0.137. The smallest absolute Gasteiger partial charge is 0.386 e. The lowest BCUT2D eigenvalue weighted by atomic mass is 9.87. The van der Waals surface area contributed by atoms with Gasteiger partial charge in [0.15, 0.2) is 22.8 Å². The van der Waals surface area contributed by atoms with E-state index in [2.05, 4.69) is 48.3 Å². The monoisotopic (exact) mass is 1090 g/mol. The predicted octanol–water partition coefficient (Wildman–Crippen LogP) is 6.34. The molecule has 0 saturated carbocycles. The molecular weight excluding hydrogens is 1010 g/mol. The van der Waals surface area contributed by atoms with Crippen LogP contribution in [0.25, 0.3) is 11.2 Å². The van der Waals surface area contributed by atoms with Gasteiger partial charge in [-0.25, -0.2) is 28.6 Å². The summed E-state index contributed by atoms with van der Waals surface area (Å²) in [5.41, 5.74) is 4.29. The lowest BCUT2D eigenvalue weighted by Crippen LogP contribution is -2.46. The third-order valence-corrected chi connectivity index (χ3v) is 15.9. The van der Waals surface area contributed by atoms with Crippen molar-refractivity contribution in [3.8, 4) is 0 Å². The van der Waals surface area contributed by atoms with Crippen molar-refractivity contribution in [1.82, 2.24) is 30.2 Å². The highest BCUT2D eigenvalue weighted by Crippen LogP contribution is 2.61. The third-order valence-electron chi connectivity index (χ3n) is 11.9. The van der Waals surface area contributed by atoms with Crippen LogP contribution in [0.1, 0.15) is 156 Å². The number of aromatic nitrogens is 4. The molecule has 408 valence electrons. The number of rotatable bonds is 38. The minimum atomic E-state index is -5.58. The zero-order valence-electron chi connectivity index (χ0n) is 41.4. The molecule has 1 fully saturated rings. The van der Waals surface area contributed by atoms with E-state index in [4.69, 9.17) is 19.5 Å². The van der Waals surface area contributed by atoms with Gasteiger partial charge in [0.1, 0.15) is 36.3 Å². The average Bonchev–Trinajstić information content (AvgIpc) is 3.86. The van der Waals surface area contributed by atoms with Crippen molar-refractivity contribution in [1.29, 1.82) is 0 Å². The minimum absolute atomic E-state index is 0.0342. The van der Waals surface area contributed by atoms with Gasteiger partial charge in [0.25, 0.3) is 0 Å². The Labute approximate surface area is 420 Å². The van der Waals surface area contributed by atoms with Crippen LogP contribution in [0.15, 0.2) is 12.7 Å². The number of nitrogens with one attached hydrogen (secondary N) is 2. The third kappa shape index (κ3) is 24.2. The van der Waals surface area contributed by atoms with Gasteiger partial charge in [0.05, 0.1) is 19.5 Å². The molecule has 0 radical (unpaired) electrons. The minimum Gasteiger partial charge on any atom is -0.386 e. The Hall–Kier alpha value is -2.44. The Morgan fingerprint density at radius 3 is 2.06 bits per heavy atom. The number of aliphatic hydroxyl groups is 2. The maximum Gasteiger partial charge on any atom is 0.481 e. The quantitative estimate of drug-likeness (QED) is 0.0261. The van der Waals surface area contributed by atoms with E-state index in [1.807, 2.05) is 0 Å². The number of anilines is 1. The van der Waals surface area contributed by atoms with Crippen LogP contribution in [0.2, 0.25) is 0 Å². The van der Waals surface area contributed by atoms with E-state index in [-0.39, 0.29) is 41.6 Å². The van der Waals surface area contributed by atoms with Crippen LogP contribution in [0.5, 0.6) is 0 Å². The summed E-state index contributed by atoms with van der Waals surface area (Å²) in [5, 5.41) is 26.7. The predicted molar refractivity (Wildman–Crippen MR) is 265 cm³/mol. The number of hydrogen-bond acceptors (Lipinski definition) is 18. The van der Waals surface area contributed by atoms with Crippen LogP contribution in [0.3, 0.4) is 0 Å². The fourth-order valence-electron chi connectivity index (χ4n) is 7.78. The molecule has 2 aromatic rings. The Kier molecular flexibility index (Phi) is 27.8. The number of hydrogen-bond donors (Lipinski definition) is 9. The number of nitrogens with two attached hydrogens (primary N) is 1. The maximum atomic E-state index is 12.8. The molecule has 24 nitrogen and oxygen atoms in total. The number of amides is 2. The molecule has 0 spiro atoms. The van der Waals surface area contributed by atoms with Crippen molar-refractivity contribution < 1.29 is 80.5 Å². The Morgan fingerprint density at radius 2 is 1.44 bits per heavy atom. The summed E-state index contributed by atoms with van der Waals surface area (Å²) in [6.45, 7) is 5.18. The summed E-state index contributed by atoms with van der Waals surface area (Å²) < 4.78 is 62.5. The highest BCUT2D eigenvalue weighted by Gasteiger charge is 2.50. The molecule has 0 aliphatic carbocycles. The number of nitrogens with zero attached hydrogens (tertiary/aromatic N) is 4. The van der Waals surface area contributed by atoms with Crippen molar-refractivity contribution >= 4 is 69.1 Å². The number of ether oxygens (including phenoxy) is 1. The van der Waals surface area contributed by atoms with Gasteiger partial charge in [-0.3, -0.25) is 32.5 Å². The zero-order valence-corrected chi connectivity index (χ0v) is 44.9. The number of nitrogen functional groups attached to an aromatic ring is 1. The molecule has 8 atom stereocenters. The average molecular weight is 1090 g/mol. The molecule has 28 heteroatoms. The van der Waals surface area contributed by atoms with Crippen molar-refractivity contribution in [3.05, 3.63) is 12.7 Å². The largest absolute Gasteiger partial charge is 0.481 e. The zero-order chi connectivity index (χ0) is 52.7. The number of phosphoric acid groups is 3. The highest BCUT2D eigenvalue weighted by atomic mass is 32.2. The van der Waals surface area contributed by atoms with E-state index in [1.54, 1.807) is 0 Å². The SMILES string of the molecule is CCCCCCCCCCCCCC(C)CCCCCCC(=O)SCCNC(=O)CCNC(=O)C(O)C(C)(C)COP(=O)(O)OP(=O)(O)OCC1OC(n2cnc3c(N)ncnc32)C(O)C1OP(=O)(O)O. The number of thioether (sulfide) groups is 1. The Morgan fingerprint density at radius 1 is 0.845 bits per heavy atom. The fraction of sp³-hybridized carbons (Fsp3) is 0.814. The molecule has 71 heavy (non-hydrogen) atoms. The summed E-state index contributed by atoms with van der Waals surface area (Å²) in [5.74, 6) is -0.282. The van der Waals surface area contributed by atoms with E-state index < -0.39 is 84.6 Å². The molecule has 8 unspecified atom stereocenters. The second-order valence-corrected chi connectivity index (χ2v) is 24.1. The van der Waals surface area contributed by atoms with E-state index in [1.165, 1.54) is 104 Å². The highest BCUT2D eigenvalue weighted by molar-refractivity contribution is 8.13. The second-order valence-electron chi connectivity index (χ2n) is 18.7. The normalized spacial score (nSPS) is 20.1. The number of imidazole rings is 1. The number of fused-ring (bicyclic) bond motifs is 1. The van der Waals surface area contributed by atoms with Gasteiger partial charge >= 0.3 is 23.5 Å². The molecule has 0 aromatic carbocycles. The van der Waals surface area contributed by atoms with Crippen molar-refractivity contribution in [2.75, 3.05) is 37.8 Å². The Bertz CT molecular complexity index is 2080. The molecule has 2 aromatic heterocycles. The van der Waals surface area contributed by atoms with Gasteiger partial charge in [-0.1, -0.05) is 142 Å². The number of aliphatic hydroxyl groups excluding tert-OH is 2. The van der Waals surface area contributed by atoms with Gasteiger partial charge in [-0.05, 0) is 12.3 Å². The number of carbonyl (C=O) groups excluding carboxylic acids is 3. The second kappa shape index (κ2) is 31.4. The fourth-order valence-corrected chi connectivity index (χ4v) is 11.3. The molecular formula is C43H78N7O17P3S. The summed E-state index contributed by atoms with van der Waals surface area (Å²) in [6, 6.07) is 0. The summed E-state index contributed by atoms with van der Waals surface area (Å²) in [6.07, 6.45) is 15.2. The molecule has 1 aliphatic heterocycles. The van der Waals surface area contributed by atoms with E-state index >= 15 is 0 Å².